The van der Waals surface area contributed by atoms with E-state index in [9.17, 15) is 4.79 Å². The van der Waals surface area contributed by atoms with Crippen molar-refractivity contribution in [3.63, 3.8) is 0 Å². The van der Waals surface area contributed by atoms with Crippen LogP contribution in [0, 0.1) is 5.92 Å². The molecule has 2 unspecified atom stereocenters. The number of aromatic nitrogens is 3. The summed E-state index contributed by atoms with van der Waals surface area (Å²) in [6.07, 6.45) is 2.60. The second-order valence-corrected chi connectivity index (χ2v) is 6.94. The van der Waals surface area contributed by atoms with E-state index < -0.39 is 0 Å². The van der Waals surface area contributed by atoms with E-state index in [-0.39, 0.29) is 23.8 Å². The van der Waals surface area contributed by atoms with Gasteiger partial charge < -0.3 is 10.1 Å². The Morgan fingerprint density at radius 1 is 1.19 bits per heavy atom. The summed E-state index contributed by atoms with van der Waals surface area (Å²) in [5.41, 5.74) is 1.73. The first-order valence-corrected chi connectivity index (χ1v) is 8.97. The lowest BCUT2D eigenvalue weighted by atomic mass is 9.91. The van der Waals surface area contributed by atoms with Crippen molar-refractivity contribution in [2.75, 3.05) is 6.61 Å². The van der Waals surface area contributed by atoms with Crippen LogP contribution in [-0.4, -0.2) is 27.1 Å². The summed E-state index contributed by atoms with van der Waals surface area (Å²) in [5, 5.41) is 11.8. The van der Waals surface area contributed by atoms with Gasteiger partial charge in [-0.3, -0.25) is 9.20 Å². The normalized spacial score (nSPS) is 17.6. The number of rotatable bonds is 4. The summed E-state index contributed by atoms with van der Waals surface area (Å²) in [4.78, 5) is 13.1. The number of nitrogens with one attached hydrogen (secondary N) is 1. The minimum absolute atomic E-state index is 0.00660. The van der Waals surface area contributed by atoms with Crippen molar-refractivity contribution in [1.29, 1.82) is 0 Å². The Balaban J connectivity index is 1.63. The molecular weight excluding hydrogens is 328 g/mol. The standard InChI is InChI=1S/C20H22N4O2/c1-13(2)18(19-23-22-17-9-5-6-11-24(17)19)21-20(25)15-10-12-26-16-8-4-3-7-14(15)16/h3-9,11,13,15,18H,10,12H2,1-2H3,(H,21,25). The zero-order chi connectivity index (χ0) is 18.1. The Labute approximate surface area is 152 Å². The van der Waals surface area contributed by atoms with Crippen LogP contribution in [0.4, 0.5) is 0 Å². The second kappa shape index (κ2) is 6.78. The van der Waals surface area contributed by atoms with E-state index >= 15 is 0 Å². The van der Waals surface area contributed by atoms with Gasteiger partial charge in [-0.25, -0.2) is 0 Å². The molecule has 26 heavy (non-hydrogen) atoms. The van der Waals surface area contributed by atoms with Gasteiger partial charge >= 0.3 is 0 Å². The molecule has 0 spiro atoms. The number of carbonyl (C=O) groups is 1. The molecule has 1 aliphatic heterocycles. The molecule has 0 bridgehead atoms. The van der Waals surface area contributed by atoms with Crippen LogP contribution in [0.15, 0.2) is 48.7 Å². The smallest absolute Gasteiger partial charge is 0.228 e. The average Bonchev–Trinajstić information content (AvgIpc) is 3.09. The fourth-order valence-electron chi connectivity index (χ4n) is 3.47. The zero-order valence-electron chi connectivity index (χ0n) is 14.9. The molecule has 3 aromatic rings. The lowest BCUT2D eigenvalue weighted by Gasteiger charge is -2.28. The number of hydrogen-bond acceptors (Lipinski definition) is 4. The van der Waals surface area contributed by atoms with Crippen LogP contribution in [0.25, 0.3) is 5.65 Å². The molecule has 0 fully saturated rings. The Morgan fingerprint density at radius 3 is 2.85 bits per heavy atom. The molecule has 0 saturated heterocycles. The lowest BCUT2D eigenvalue weighted by Crippen LogP contribution is -2.38. The van der Waals surface area contributed by atoms with Crippen LogP contribution in [-0.2, 0) is 4.79 Å². The third-order valence-electron chi connectivity index (χ3n) is 4.86. The minimum atomic E-state index is -0.213. The fourth-order valence-corrected chi connectivity index (χ4v) is 3.47. The number of hydrogen-bond donors (Lipinski definition) is 1. The van der Waals surface area contributed by atoms with Gasteiger partial charge in [0.15, 0.2) is 11.5 Å². The molecule has 4 rings (SSSR count). The van der Waals surface area contributed by atoms with Crippen LogP contribution < -0.4 is 10.1 Å². The molecule has 1 aliphatic rings. The van der Waals surface area contributed by atoms with E-state index in [0.29, 0.717) is 13.0 Å². The Bertz CT molecular complexity index is 934. The quantitative estimate of drug-likeness (QED) is 0.785. The summed E-state index contributed by atoms with van der Waals surface area (Å²) in [5.74, 6) is 1.53. The fraction of sp³-hybridized carbons (Fsp3) is 0.350. The van der Waals surface area contributed by atoms with E-state index in [1.807, 2.05) is 53.1 Å². The van der Waals surface area contributed by atoms with E-state index in [1.54, 1.807) is 0 Å². The van der Waals surface area contributed by atoms with Crippen molar-refractivity contribution < 1.29 is 9.53 Å². The van der Waals surface area contributed by atoms with Crippen molar-refractivity contribution in [3.05, 3.63) is 60.0 Å². The molecule has 2 aromatic heterocycles. The Morgan fingerprint density at radius 2 is 2.00 bits per heavy atom. The lowest BCUT2D eigenvalue weighted by molar-refractivity contribution is -0.124. The third-order valence-corrected chi connectivity index (χ3v) is 4.86. The van der Waals surface area contributed by atoms with Gasteiger partial charge in [0.2, 0.25) is 5.91 Å². The maximum atomic E-state index is 13.1. The largest absolute Gasteiger partial charge is 0.493 e. The molecule has 1 amide bonds. The molecule has 134 valence electrons. The summed E-state index contributed by atoms with van der Waals surface area (Å²) in [6, 6.07) is 13.3. The van der Waals surface area contributed by atoms with Crippen LogP contribution in [0.5, 0.6) is 5.75 Å². The predicted octanol–water partition coefficient (Wildman–Crippen LogP) is 3.11. The number of ether oxygens (including phenoxy) is 1. The maximum Gasteiger partial charge on any atom is 0.228 e. The van der Waals surface area contributed by atoms with Gasteiger partial charge in [0.05, 0.1) is 18.6 Å². The van der Waals surface area contributed by atoms with Crippen molar-refractivity contribution in [3.8, 4) is 5.75 Å². The third kappa shape index (κ3) is 2.92. The molecule has 0 aliphatic carbocycles. The van der Waals surface area contributed by atoms with Gasteiger partial charge in [-0.2, -0.15) is 0 Å². The van der Waals surface area contributed by atoms with Gasteiger partial charge in [0, 0.05) is 11.8 Å². The molecular formula is C20H22N4O2. The summed E-state index contributed by atoms with van der Waals surface area (Å²) >= 11 is 0. The van der Waals surface area contributed by atoms with Crippen LogP contribution in [0.3, 0.4) is 0 Å². The summed E-state index contributed by atoms with van der Waals surface area (Å²) in [6.45, 7) is 4.70. The molecule has 3 heterocycles. The highest BCUT2D eigenvalue weighted by Crippen LogP contribution is 2.34. The molecule has 1 N–H and O–H groups in total. The Kier molecular flexibility index (Phi) is 4.32. The van der Waals surface area contributed by atoms with Crippen molar-refractivity contribution in [2.24, 2.45) is 5.92 Å². The molecule has 6 nitrogen and oxygen atoms in total. The highest BCUT2D eigenvalue weighted by Gasteiger charge is 2.31. The van der Waals surface area contributed by atoms with Crippen LogP contribution >= 0.6 is 0 Å². The van der Waals surface area contributed by atoms with Crippen LogP contribution in [0.2, 0.25) is 0 Å². The van der Waals surface area contributed by atoms with Gasteiger partial charge in [-0.1, -0.05) is 38.1 Å². The number of fused-ring (bicyclic) bond motifs is 2. The molecule has 2 atom stereocenters. The van der Waals surface area contributed by atoms with E-state index in [2.05, 4.69) is 29.4 Å². The van der Waals surface area contributed by atoms with Crippen molar-refractivity contribution in [1.82, 2.24) is 19.9 Å². The number of nitrogens with zero attached hydrogens (tertiary/aromatic N) is 3. The number of para-hydroxylation sites is 1. The summed E-state index contributed by atoms with van der Waals surface area (Å²) in [7, 11) is 0. The first kappa shape index (κ1) is 16.6. The molecule has 1 aromatic carbocycles. The highest BCUT2D eigenvalue weighted by atomic mass is 16.5. The topological polar surface area (TPSA) is 68.5 Å². The zero-order valence-corrected chi connectivity index (χ0v) is 14.9. The maximum absolute atomic E-state index is 13.1. The van der Waals surface area contributed by atoms with Gasteiger partial charge in [0.25, 0.3) is 0 Å². The molecule has 6 heteroatoms. The van der Waals surface area contributed by atoms with E-state index in [1.165, 1.54) is 0 Å². The number of carbonyl (C=O) groups excluding carboxylic acids is 1. The average molecular weight is 350 g/mol. The van der Waals surface area contributed by atoms with E-state index in [0.717, 1.165) is 22.8 Å². The number of amides is 1. The summed E-state index contributed by atoms with van der Waals surface area (Å²) < 4.78 is 7.61. The van der Waals surface area contributed by atoms with E-state index in [4.69, 9.17) is 4.74 Å². The van der Waals surface area contributed by atoms with Crippen molar-refractivity contribution >= 4 is 11.6 Å². The minimum Gasteiger partial charge on any atom is -0.493 e. The highest BCUT2D eigenvalue weighted by molar-refractivity contribution is 5.85. The molecule has 0 saturated carbocycles. The number of benzene rings is 1. The number of pyridine rings is 1. The monoisotopic (exact) mass is 350 g/mol. The second-order valence-electron chi connectivity index (χ2n) is 6.94. The van der Waals surface area contributed by atoms with Gasteiger partial charge in [-0.05, 0) is 30.5 Å². The molecule has 0 radical (unpaired) electrons. The first-order valence-electron chi connectivity index (χ1n) is 8.97. The first-order chi connectivity index (χ1) is 12.6. The van der Waals surface area contributed by atoms with Crippen molar-refractivity contribution in [2.45, 2.75) is 32.2 Å². The van der Waals surface area contributed by atoms with Gasteiger partial charge in [0.1, 0.15) is 5.75 Å². The Hall–Kier alpha value is -2.89. The predicted molar refractivity (Wildman–Crippen MR) is 98.0 cm³/mol. The van der Waals surface area contributed by atoms with Gasteiger partial charge in [-0.15, -0.1) is 10.2 Å². The van der Waals surface area contributed by atoms with Crippen LogP contribution in [0.1, 0.15) is 43.6 Å². The SMILES string of the molecule is CC(C)C(NC(=O)C1CCOc2ccccc21)c1nnc2ccccn12.